The maximum Gasteiger partial charge on any atom is 0.410 e. The van der Waals surface area contributed by atoms with Crippen molar-refractivity contribution >= 4 is 29.4 Å². The predicted octanol–water partition coefficient (Wildman–Crippen LogP) is 6.34. The van der Waals surface area contributed by atoms with Crippen LogP contribution in [0.5, 0.6) is 0 Å². The van der Waals surface area contributed by atoms with E-state index in [1.54, 1.807) is 42.5 Å². The second kappa shape index (κ2) is 13.7. The third kappa shape index (κ3) is 7.36. The van der Waals surface area contributed by atoms with E-state index in [1.807, 2.05) is 42.5 Å². The van der Waals surface area contributed by atoms with Crippen LogP contribution in [-0.4, -0.2) is 58.6 Å². The number of amides is 2. The Hall–Kier alpha value is -5.57. The molecule has 3 heterocycles. The molecule has 0 bridgehead atoms. The lowest BCUT2D eigenvalue weighted by Gasteiger charge is -2.35. The number of fused-ring (bicyclic) bond motifs is 2. The third-order valence-electron chi connectivity index (χ3n) is 8.23. The molecule has 2 N–H and O–H groups in total. The van der Waals surface area contributed by atoms with E-state index in [0.29, 0.717) is 50.5 Å². The number of hydrogen-bond donors (Lipinski definition) is 2. The van der Waals surface area contributed by atoms with Gasteiger partial charge in [0.05, 0.1) is 0 Å². The van der Waals surface area contributed by atoms with Crippen LogP contribution in [0.4, 0.5) is 31.2 Å². The first-order valence-corrected chi connectivity index (χ1v) is 15.9. The smallest absolute Gasteiger partial charge is 0.410 e. The van der Waals surface area contributed by atoms with Crippen molar-refractivity contribution in [3.05, 3.63) is 94.8 Å². The van der Waals surface area contributed by atoms with Crippen LogP contribution in [0.2, 0.25) is 0 Å². The van der Waals surface area contributed by atoms with Gasteiger partial charge in [0.1, 0.15) is 41.2 Å². The Morgan fingerprint density at radius 2 is 1.77 bits per heavy atom. The lowest BCUT2D eigenvalue weighted by atomic mass is 10.0. The van der Waals surface area contributed by atoms with Gasteiger partial charge in [-0.3, -0.25) is 0 Å². The second-order valence-corrected chi connectivity index (χ2v) is 12.8. The summed E-state index contributed by atoms with van der Waals surface area (Å²) in [6.45, 7) is 8.62. The molecule has 1 fully saturated rings. The Morgan fingerprint density at radius 1 is 1.00 bits per heavy atom. The van der Waals surface area contributed by atoms with Crippen LogP contribution < -0.4 is 15.5 Å². The molecule has 12 heteroatoms. The number of halogens is 1. The average Bonchev–Trinajstić information content (AvgIpc) is 3.31. The van der Waals surface area contributed by atoms with Crippen molar-refractivity contribution in [3.8, 4) is 17.3 Å². The first-order valence-electron chi connectivity index (χ1n) is 15.9. The van der Waals surface area contributed by atoms with Gasteiger partial charge in [-0.15, -0.1) is 0 Å². The zero-order chi connectivity index (χ0) is 33.8. The number of aromatic nitrogens is 2. The van der Waals surface area contributed by atoms with Gasteiger partial charge in [0, 0.05) is 56.2 Å². The number of rotatable bonds is 6. The number of alkyl carbamates (subject to hydrolysis) is 1. The molecule has 0 aliphatic carbocycles. The van der Waals surface area contributed by atoms with Crippen LogP contribution in [0.25, 0.3) is 11.3 Å². The van der Waals surface area contributed by atoms with Crippen LogP contribution in [0.3, 0.4) is 0 Å². The van der Waals surface area contributed by atoms with E-state index in [2.05, 4.69) is 32.8 Å². The Kier molecular flexibility index (Phi) is 9.21. The van der Waals surface area contributed by atoms with Crippen LogP contribution in [0.1, 0.15) is 43.0 Å². The molecular weight excluding hydrogens is 613 g/mol. The number of benzene rings is 3. The van der Waals surface area contributed by atoms with Gasteiger partial charge in [-0.25, -0.2) is 18.7 Å². The highest BCUT2D eigenvalue weighted by Crippen LogP contribution is 2.36. The summed E-state index contributed by atoms with van der Waals surface area (Å²) in [6.07, 6.45) is -0.245. The summed E-state index contributed by atoms with van der Waals surface area (Å²) in [4.78, 5) is 28.6. The summed E-state index contributed by atoms with van der Waals surface area (Å²) in [5.41, 5.74) is 4.55. The first-order chi connectivity index (χ1) is 23.1. The maximum absolute atomic E-state index is 15.4. The van der Waals surface area contributed by atoms with Gasteiger partial charge >= 0.3 is 12.2 Å². The number of nitrogens with zero attached hydrogens (tertiary/aromatic N) is 5. The molecule has 0 radical (unpaired) electrons. The maximum atomic E-state index is 15.4. The molecule has 2 aliphatic heterocycles. The number of carbonyl (C=O) groups is 2. The number of hydrogen-bond acceptors (Lipinski definition) is 8. The average molecular weight is 652 g/mol. The molecule has 2 amide bonds. The van der Waals surface area contributed by atoms with E-state index in [-0.39, 0.29) is 36.1 Å². The summed E-state index contributed by atoms with van der Waals surface area (Å²) < 4.78 is 27.8. The molecule has 248 valence electrons. The Morgan fingerprint density at radius 3 is 2.48 bits per heavy atom. The van der Waals surface area contributed by atoms with Crippen molar-refractivity contribution in [2.75, 3.05) is 36.4 Å². The fraction of sp³-hybridized carbons (Fsp3) is 0.333. The Bertz CT molecular complexity index is 1850. The minimum atomic E-state index is -0.638. The van der Waals surface area contributed by atoms with Gasteiger partial charge < -0.3 is 29.9 Å². The molecule has 1 aromatic heterocycles. The molecule has 6 rings (SSSR count). The van der Waals surface area contributed by atoms with Crippen molar-refractivity contribution in [3.63, 3.8) is 0 Å². The van der Waals surface area contributed by atoms with E-state index in [0.717, 1.165) is 22.5 Å². The molecule has 2 aliphatic rings. The molecule has 1 saturated heterocycles. The highest BCUT2D eigenvalue weighted by molar-refractivity contribution is 5.78. The van der Waals surface area contributed by atoms with Gasteiger partial charge in [-0.05, 0) is 74.2 Å². The van der Waals surface area contributed by atoms with Gasteiger partial charge in [0.15, 0.2) is 0 Å². The monoisotopic (exact) mass is 651 g/mol. The number of ether oxygens (including phenoxy) is 2. The molecule has 0 atom stereocenters. The SMILES string of the molecule is CC(C)(C)OC(=O)NCc1ccc(-c2nn3c(c2C#N)Nc2ccc(N4CCN(C(=O)OCc5ccccc5)CC4)cc2CC3)c(F)c1. The molecule has 4 aromatic rings. The van der Waals surface area contributed by atoms with Crippen LogP contribution in [0.15, 0.2) is 66.7 Å². The van der Waals surface area contributed by atoms with E-state index in [4.69, 9.17) is 9.47 Å². The molecular formula is C36H38FN7O4. The van der Waals surface area contributed by atoms with Gasteiger partial charge in [-0.1, -0.05) is 36.4 Å². The fourth-order valence-corrected chi connectivity index (χ4v) is 5.81. The van der Waals surface area contributed by atoms with Gasteiger partial charge in [0.25, 0.3) is 0 Å². The van der Waals surface area contributed by atoms with E-state index >= 15 is 4.39 Å². The minimum Gasteiger partial charge on any atom is -0.445 e. The standard InChI is InChI=1S/C36H38FN7O4/c1-36(2,3)48-34(45)39-22-25-9-11-28(30(37)19-25)32-29(21-38)33-40-31-12-10-27(20-26(31)13-14-44(33)41-32)42-15-17-43(18-16-42)35(46)47-23-24-7-5-4-6-8-24/h4-12,19-20,40H,13-18,22-23H2,1-3H3,(H,39,45). The zero-order valence-corrected chi connectivity index (χ0v) is 27.3. The van der Waals surface area contributed by atoms with Crippen LogP contribution >= 0.6 is 0 Å². The zero-order valence-electron chi connectivity index (χ0n) is 27.3. The van der Waals surface area contributed by atoms with Crippen molar-refractivity contribution in [1.82, 2.24) is 20.0 Å². The summed E-state index contributed by atoms with van der Waals surface area (Å²) >= 11 is 0. The molecule has 48 heavy (non-hydrogen) atoms. The van der Waals surface area contributed by atoms with E-state index in [1.165, 1.54) is 6.07 Å². The predicted molar refractivity (Wildman–Crippen MR) is 179 cm³/mol. The molecule has 0 spiro atoms. The topological polar surface area (TPSA) is 125 Å². The number of aryl methyl sites for hydroxylation is 2. The van der Waals surface area contributed by atoms with Crippen molar-refractivity contribution in [2.24, 2.45) is 0 Å². The third-order valence-corrected chi connectivity index (χ3v) is 8.23. The van der Waals surface area contributed by atoms with Crippen LogP contribution in [0, 0.1) is 17.1 Å². The van der Waals surface area contributed by atoms with Crippen LogP contribution in [-0.2, 0) is 35.6 Å². The number of nitriles is 1. The number of piperazine rings is 1. The van der Waals surface area contributed by atoms with Crippen molar-refractivity contribution < 1.29 is 23.5 Å². The summed E-state index contributed by atoms with van der Waals surface area (Å²) in [7, 11) is 0. The largest absolute Gasteiger partial charge is 0.445 e. The second-order valence-electron chi connectivity index (χ2n) is 12.8. The molecule has 11 nitrogen and oxygen atoms in total. The highest BCUT2D eigenvalue weighted by Gasteiger charge is 2.27. The number of anilines is 3. The van der Waals surface area contributed by atoms with Crippen molar-refractivity contribution in [1.29, 1.82) is 5.26 Å². The minimum absolute atomic E-state index is 0.0915. The molecule has 0 saturated carbocycles. The lowest BCUT2D eigenvalue weighted by Crippen LogP contribution is -2.49. The van der Waals surface area contributed by atoms with E-state index < -0.39 is 17.5 Å². The normalized spacial score (nSPS) is 14.1. The molecule has 0 unspecified atom stereocenters. The summed E-state index contributed by atoms with van der Waals surface area (Å²) in [5, 5.41) is 20.8. The van der Waals surface area contributed by atoms with E-state index in [9.17, 15) is 14.9 Å². The highest BCUT2D eigenvalue weighted by atomic mass is 19.1. The number of carbonyl (C=O) groups excluding carboxylic acids is 2. The van der Waals surface area contributed by atoms with Gasteiger partial charge in [0.2, 0.25) is 0 Å². The Labute approximate surface area is 278 Å². The quantitative estimate of drug-likeness (QED) is 0.247. The first kappa shape index (κ1) is 32.4. The molecule has 3 aromatic carbocycles. The summed E-state index contributed by atoms with van der Waals surface area (Å²) in [5.74, 6) is -0.0328. The Balaban J connectivity index is 1.10. The fourth-order valence-electron chi connectivity index (χ4n) is 5.81. The number of nitrogens with one attached hydrogen (secondary N) is 2. The summed E-state index contributed by atoms with van der Waals surface area (Å²) in [6, 6.07) is 22.6. The van der Waals surface area contributed by atoms with Crippen molar-refractivity contribution in [2.45, 2.75) is 52.5 Å². The van der Waals surface area contributed by atoms with Gasteiger partial charge in [-0.2, -0.15) is 10.4 Å². The lowest BCUT2D eigenvalue weighted by molar-refractivity contribution is 0.0523.